The van der Waals surface area contributed by atoms with E-state index < -0.39 is 75.7 Å². The molecule has 0 aromatic heterocycles. The molecule has 0 spiro atoms. The Hall–Kier alpha value is -1.41. The predicted octanol–water partition coefficient (Wildman–Crippen LogP) is 9.45. The molecule has 1 aliphatic rings. The van der Waals surface area contributed by atoms with E-state index in [2.05, 4.69) is 26.0 Å². The molecule has 60 heavy (non-hydrogen) atoms. The maximum absolute atomic E-state index is 12.8. The first-order valence-electron chi connectivity index (χ1n) is 24.0. The molecule has 0 aromatic rings. The van der Waals surface area contributed by atoms with Gasteiger partial charge in [-0.25, -0.2) is 4.57 Å². The van der Waals surface area contributed by atoms with Gasteiger partial charge in [-0.3, -0.25) is 18.6 Å². The molecule has 0 radical (unpaired) electrons. The van der Waals surface area contributed by atoms with Crippen LogP contribution in [-0.2, 0) is 32.7 Å². The summed E-state index contributed by atoms with van der Waals surface area (Å²) in [6, 6.07) is 0. The zero-order valence-corrected chi connectivity index (χ0v) is 38.4. The van der Waals surface area contributed by atoms with E-state index in [1.165, 1.54) is 116 Å². The third kappa shape index (κ3) is 29.0. The molecule has 0 amide bonds. The maximum Gasteiger partial charge on any atom is 0.472 e. The highest BCUT2D eigenvalue weighted by Crippen LogP contribution is 2.47. The fourth-order valence-electron chi connectivity index (χ4n) is 7.46. The van der Waals surface area contributed by atoms with E-state index in [1.807, 2.05) is 0 Å². The van der Waals surface area contributed by atoms with E-state index >= 15 is 0 Å². The molecule has 0 aliphatic heterocycles. The van der Waals surface area contributed by atoms with Gasteiger partial charge >= 0.3 is 19.8 Å². The monoisotopic (exact) mass is 879 g/mol. The van der Waals surface area contributed by atoms with Crippen molar-refractivity contribution in [2.75, 3.05) is 13.2 Å². The Morgan fingerprint density at radius 2 is 0.850 bits per heavy atom. The van der Waals surface area contributed by atoms with Gasteiger partial charge in [0.25, 0.3) is 0 Å². The van der Waals surface area contributed by atoms with Gasteiger partial charge in [0.2, 0.25) is 0 Å². The number of allylic oxidation sites excluding steroid dienone is 2. The van der Waals surface area contributed by atoms with Crippen molar-refractivity contribution in [1.82, 2.24) is 0 Å². The molecule has 6 N–H and O–H groups in total. The first-order valence-corrected chi connectivity index (χ1v) is 25.5. The summed E-state index contributed by atoms with van der Waals surface area (Å²) in [6.07, 6.45) is 25.5. The second kappa shape index (κ2) is 37.0. The van der Waals surface area contributed by atoms with Gasteiger partial charge in [-0.2, -0.15) is 0 Å². The second-order valence-corrected chi connectivity index (χ2v) is 18.4. The number of carbonyl (C=O) groups excluding carboxylic acids is 2. The van der Waals surface area contributed by atoms with Crippen molar-refractivity contribution < 1.29 is 63.1 Å². The first-order chi connectivity index (χ1) is 28.9. The van der Waals surface area contributed by atoms with E-state index in [0.29, 0.717) is 12.8 Å². The predicted molar refractivity (Wildman–Crippen MR) is 235 cm³/mol. The molecule has 1 saturated carbocycles. The van der Waals surface area contributed by atoms with E-state index in [-0.39, 0.29) is 12.8 Å². The SMILES string of the molecule is CCCCCC/C=C\CCCCCCCC(=O)OC[C@H](COP(=O)(O)OC1C(O)C(O)C(O)[C@@H](O)C1O)OC(=O)CCCCCCCCCCCCCCCCCCCC. The van der Waals surface area contributed by atoms with Crippen molar-refractivity contribution in [3.8, 4) is 0 Å². The van der Waals surface area contributed by atoms with Crippen LogP contribution in [0.3, 0.4) is 0 Å². The minimum Gasteiger partial charge on any atom is -0.462 e. The van der Waals surface area contributed by atoms with Crippen molar-refractivity contribution in [3.05, 3.63) is 12.2 Å². The molecule has 0 saturated heterocycles. The number of aliphatic hydroxyl groups is 5. The molecule has 1 fully saturated rings. The molecule has 1 rings (SSSR count). The Bertz CT molecular complexity index is 1110. The summed E-state index contributed by atoms with van der Waals surface area (Å²) in [5, 5.41) is 50.1. The summed E-state index contributed by atoms with van der Waals surface area (Å²) in [6.45, 7) is 3.30. The number of phosphoric acid groups is 1. The number of unbranched alkanes of at least 4 members (excludes halogenated alkanes) is 26. The summed E-state index contributed by atoms with van der Waals surface area (Å²) in [7, 11) is -5.11. The molecular formula is C46H87O13P. The standard InChI is InChI=1S/C46H87O13P/c1-3-5-7-9-11-13-15-17-18-19-20-21-23-25-27-29-31-33-35-40(48)58-38(37-57-60(54,55)59-46-44(52)42(50)41(49)43(51)45(46)53)36-56-39(47)34-32-30-28-26-24-22-16-14-12-10-8-6-4-2/h14,16,38,41-46,49-53H,3-13,15,17-37H2,1-2H3,(H,54,55)/b16-14-/t38-,41?,42-,43?,44?,45?,46?/m1/s1. The number of ether oxygens (including phenoxy) is 2. The maximum atomic E-state index is 12.8. The van der Waals surface area contributed by atoms with E-state index in [1.54, 1.807) is 0 Å². The van der Waals surface area contributed by atoms with Crippen LogP contribution in [-0.4, -0.2) is 98.3 Å². The van der Waals surface area contributed by atoms with E-state index in [9.17, 15) is 44.6 Å². The van der Waals surface area contributed by atoms with Gasteiger partial charge < -0.3 is 39.9 Å². The molecule has 354 valence electrons. The first kappa shape index (κ1) is 56.6. The number of aliphatic hydroxyl groups excluding tert-OH is 5. The highest BCUT2D eigenvalue weighted by Gasteiger charge is 2.51. The van der Waals surface area contributed by atoms with E-state index in [0.717, 1.165) is 57.8 Å². The van der Waals surface area contributed by atoms with Gasteiger partial charge in [0, 0.05) is 12.8 Å². The molecule has 1 aliphatic carbocycles. The van der Waals surface area contributed by atoms with Gasteiger partial charge in [0.1, 0.15) is 43.2 Å². The lowest BCUT2D eigenvalue weighted by Gasteiger charge is -2.41. The smallest absolute Gasteiger partial charge is 0.462 e. The summed E-state index contributed by atoms with van der Waals surface area (Å²) >= 11 is 0. The number of rotatable bonds is 40. The van der Waals surface area contributed by atoms with Gasteiger partial charge in [0.05, 0.1) is 6.61 Å². The molecule has 0 aromatic carbocycles. The van der Waals surface area contributed by atoms with Gasteiger partial charge in [-0.05, 0) is 38.5 Å². The van der Waals surface area contributed by atoms with Gasteiger partial charge in [-0.1, -0.05) is 174 Å². The summed E-state index contributed by atoms with van der Waals surface area (Å²) in [4.78, 5) is 35.7. The summed E-state index contributed by atoms with van der Waals surface area (Å²) in [5.74, 6) is -1.10. The Labute approximate surface area is 363 Å². The Kier molecular flexibility index (Phi) is 34.9. The van der Waals surface area contributed by atoms with Crippen LogP contribution in [0, 0.1) is 0 Å². The summed E-state index contributed by atoms with van der Waals surface area (Å²) in [5.41, 5.74) is 0. The molecule has 6 unspecified atom stereocenters. The Morgan fingerprint density at radius 1 is 0.500 bits per heavy atom. The lowest BCUT2D eigenvalue weighted by molar-refractivity contribution is -0.220. The zero-order valence-electron chi connectivity index (χ0n) is 37.5. The van der Waals surface area contributed by atoms with Crippen LogP contribution in [0.5, 0.6) is 0 Å². The highest BCUT2D eigenvalue weighted by molar-refractivity contribution is 7.47. The number of hydrogen-bond acceptors (Lipinski definition) is 12. The van der Waals surface area contributed by atoms with Crippen LogP contribution in [0.1, 0.15) is 213 Å². The number of hydrogen-bond donors (Lipinski definition) is 6. The molecule has 0 bridgehead atoms. The zero-order chi connectivity index (χ0) is 44.3. The van der Waals surface area contributed by atoms with Crippen molar-refractivity contribution >= 4 is 19.8 Å². The molecular weight excluding hydrogens is 791 g/mol. The molecule has 13 nitrogen and oxygen atoms in total. The van der Waals surface area contributed by atoms with E-state index in [4.69, 9.17) is 18.5 Å². The van der Waals surface area contributed by atoms with Crippen LogP contribution in [0.15, 0.2) is 12.2 Å². The van der Waals surface area contributed by atoms with Crippen LogP contribution in [0.4, 0.5) is 0 Å². The van der Waals surface area contributed by atoms with Crippen LogP contribution in [0.2, 0.25) is 0 Å². The summed E-state index contributed by atoms with van der Waals surface area (Å²) < 4.78 is 33.5. The highest BCUT2D eigenvalue weighted by atomic mass is 31.2. The lowest BCUT2D eigenvalue weighted by atomic mass is 9.85. The van der Waals surface area contributed by atoms with Crippen molar-refractivity contribution in [1.29, 1.82) is 0 Å². The van der Waals surface area contributed by atoms with Crippen LogP contribution >= 0.6 is 7.82 Å². The average molecular weight is 879 g/mol. The number of phosphoric ester groups is 1. The topological polar surface area (TPSA) is 210 Å². The fraction of sp³-hybridized carbons (Fsp3) is 0.913. The normalized spacial score (nSPS) is 22.2. The molecule has 8 atom stereocenters. The quantitative estimate of drug-likeness (QED) is 0.0147. The Morgan fingerprint density at radius 3 is 1.28 bits per heavy atom. The third-order valence-electron chi connectivity index (χ3n) is 11.4. The lowest BCUT2D eigenvalue weighted by Crippen LogP contribution is -2.64. The van der Waals surface area contributed by atoms with Gasteiger partial charge in [0.15, 0.2) is 6.10 Å². The molecule has 14 heteroatoms. The Balaban J connectivity index is 2.42. The van der Waals surface area contributed by atoms with Gasteiger partial charge in [-0.15, -0.1) is 0 Å². The molecule has 0 heterocycles. The number of carbonyl (C=O) groups is 2. The minimum absolute atomic E-state index is 0.101. The second-order valence-electron chi connectivity index (χ2n) is 17.0. The third-order valence-corrected chi connectivity index (χ3v) is 12.3. The van der Waals surface area contributed by atoms with Crippen molar-refractivity contribution in [2.24, 2.45) is 0 Å². The minimum atomic E-state index is -5.11. The fourth-order valence-corrected chi connectivity index (χ4v) is 8.43. The van der Waals surface area contributed by atoms with Crippen molar-refractivity contribution in [2.45, 2.75) is 256 Å². The van der Waals surface area contributed by atoms with Crippen LogP contribution < -0.4 is 0 Å². The van der Waals surface area contributed by atoms with Crippen LogP contribution in [0.25, 0.3) is 0 Å². The van der Waals surface area contributed by atoms with Crippen molar-refractivity contribution in [3.63, 3.8) is 0 Å². The number of esters is 2. The average Bonchev–Trinajstić information content (AvgIpc) is 3.23. The largest absolute Gasteiger partial charge is 0.472 e.